The van der Waals surface area contributed by atoms with Gasteiger partial charge in [0.1, 0.15) is 5.82 Å². The Kier molecular flexibility index (Phi) is 3.07. The van der Waals surface area contributed by atoms with E-state index in [1.54, 1.807) is 12.1 Å². The minimum Gasteiger partial charge on any atom is -0.382 e. The van der Waals surface area contributed by atoms with Crippen LogP contribution < -0.4 is 5.73 Å². The molecule has 1 heterocycles. The molecule has 0 radical (unpaired) electrons. The van der Waals surface area contributed by atoms with Crippen molar-refractivity contribution in [2.24, 2.45) is 0 Å². The molecule has 0 aliphatic heterocycles. The molecule has 1 aromatic heterocycles. The lowest BCUT2D eigenvalue weighted by molar-refractivity contribution is 0.630. The Morgan fingerprint density at radius 3 is 2.75 bits per heavy atom. The van der Waals surface area contributed by atoms with Crippen LogP contribution in [0.2, 0.25) is 5.02 Å². The molecular formula is C10H6BrClFN3. The number of benzene rings is 1. The van der Waals surface area contributed by atoms with Crippen LogP contribution in [0, 0.1) is 5.82 Å². The topological polar surface area (TPSA) is 51.8 Å². The van der Waals surface area contributed by atoms with Crippen LogP contribution in [0.15, 0.2) is 29.0 Å². The van der Waals surface area contributed by atoms with Crippen LogP contribution in [0.1, 0.15) is 0 Å². The summed E-state index contributed by atoms with van der Waals surface area (Å²) >= 11 is 8.91. The predicted octanol–water partition coefficient (Wildman–Crippen LogP) is 3.28. The Morgan fingerprint density at radius 2 is 2.06 bits per heavy atom. The van der Waals surface area contributed by atoms with Gasteiger partial charge in [0.05, 0.1) is 23.1 Å². The number of halogens is 3. The molecule has 2 aromatic rings. The summed E-state index contributed by atoms with van der Waals surface area (Å²) < 4.78 is 14.3. The van der Waals surface area contributed by atoms with Crippen molar-refractivity contribution in [3.8, 4) is 11.3 Å². The molecule has 0 saturated carbocycles. The molecule has 0 unspecified atom stereocenters. The van der Waals surface area contributed by atoms with Gasteiger partial charge in [-0.05, 0) is 28.1 Å². The van der Waals surface area contributed by atoms with Gasteiger partial charge in [-0.2, -0.15) is 0 Å². The van der Waals surface area contributed by atoms with Crippen LogP contribution >= 0.6 is 27.5 Å². The number of rotatable bonds is 1. The summed E-state index contributed by atoms with van der Waals surface area (Å²) in [5.74, 6) is -0.313. The van der Waals surface area contributed by atoms with Crippen LogP contribution in [0.5, 0.6) is 0 Å². The van der Waals surface area contributed by atoms with Crippen molar-refractivity contribution in [1.82, 2.24) is 9.97 Å². The van der Waals surface area contributed by atoms with Gasteiger partial charge in [0, 0.05) is 10.0 Å². The van der Waals surface area contributed by atoms with Gasteiger partial charge in [0.25, 0.3) is 0 Å². The number of aromatic nitrogens is 2. The fourth-order valence-corrected chi connectivity index (χ4v) is 1.71. The van der Waals surface area contributed by atoms with Crippen molar-refractivity contribution < 1.29 is 4.39 Å². The Labute approximate surface area is 105 Å². The average molecular weight is 303 g/mol. The Bertz CT molecular complexity index is 548. The fraction of sp³-hybridized carbons (Fsp3) is 0. The monoisotopic (exact) mass is 301 g/mol. The zero-order chi connectivity index (χ0) is 11.7. The first kappa shape index (κ1) is 11.3. The van der Waals surface area contributed by atoms with Gasteiger partial charge in [-0.3, -0.25) is 4.98 Å². The van der Waals surface area contributed by atoms with Crippen molar-refractivity contribution in [3.05, 3.63) is 39.8 Å². The lowest BCUT2D eigenvalue weighted by Gasteiger charge is -2.05. The van der Waals surface area contributed by atoms with E-state index in [9.17, 15) is 4.39 Å². The third kappa shape index (κ3) is 2.01. The Hall–Kier alpha value is -1.20. The molecular weight excluding hydrogens is 296 g/mol. The van der Waals surface area contributed by atoms with E-state index in [2.05, 4.69) is 25.9 Å². The van der Waals surface area contributed by atoms with Crippen molar-refractivity contribution in [2.75, 3.05) is 5.73 Å². The highest BCUT2D eigenvalue weighted by Crippen LogP contribution is 2.32. The molecule has 2 N–H and O–H groups in total. The Morgan fingerprint density at radius 1 is 1.31 bits per heavy atom. The molecule has 0 bridgehead atoms. The summed E-state index contributed by atoms with van der Waals surface area (Å²) in [6.45, 7) is 0. The summed E-state index contributed by atoms with van der Waals surface area (Å²) in [5, 5.41) is 0.0155. The van der Waals surface area contributed by atoms with Gasteiger partial charge < -0.3 is 5.73 Å². The highest BCUT2D eigenvalue weighted by Gasteiger charge is 2.13. The second-order valence-corrected chi connectivity index (χ2v) is 4.28. The minimum absolute atomic E-state index is 0.0155. The minimum atomic E-state index is -0.545. The van der Waals surface area contributed by atoms with E-state index >= 15 is 0 Å². The van der Waals surface area contributed by atoms with Crippen molar-refractivity contribution in [3.63, 3.8) is 0 Å². The van der Waals surface area contributed by atoms with Crippen LogP contribution in [0.25, 0.3) is 11.3 Å². The summed E-state index contributed by atoms with van der Waals surface area (Å²) in [7, 11) is 0. The number of hydrogen-bond donors (Lipinski definition) is 1. The molecule has 16 heavy (non-hydrogen) atoms. The summed E-state index contributed by atoms with van der Waals surface area (Å²) in [6, 6.07) is 3.21. The second kappa shape index (κ2) is 4.35. The third-order valence-electron chi connectivity index (χ3n) is 1.96. The molecule has 0 aliphatic rings. The van der Waals surface area contributed by atoms with Gasteiger partial charge in [-0.25, -0.2) is 9.37 Å². The summed E-state index contributed by atoms with van der Waals surface area (Å²) in [5.41, 5.74) is 6.10. The van der Waals surface area contributed by atoms with Crippen LogP contribution in [0.3, 0.4) is 0 Å². The van der Waals surface area contributed by atoms with E-state index in [0.29, 0.717) is 10.2 Å². The number of hydrogen-bond acceptors (Lipinski definition) is 3. The van der Waals surface area contributed by atoms with Crippen molar-refractivity contribution in [1.29, 1.82) is 0 Å². The highest BCUT2D eigenvalue weighted by atomic mass is 79.9. The number of nitrogens with zero attached hydrogens (tertiary/aromatic N) is 2. The molecule has 0 fully saturated rings. The van der Waals surface area contributed by atoms with E-state index in [1.165, 1.54) is 12.4 Å². The first-order chi connectivity index (χ1) is 7.59. The third-order valence-corrected chi connectivity index (χ3v) is 3.22. The quantitative estimate of drug-likeness (QED) is 0.823. The molecule has 0 atom stereocenters. The Balaban J connectivity index is 2.61. The van der Waals surface area contributed by atoms with E-state index in [-0.39, 0.29) is 16.4 Å². The first-order valence-electron chi connectivity index (χ1n) is 4.31. The fourth-order valence-electron chi connectivity index (χ4n) is 1.23. The maximum Gasteiger partial charge on any atom is 0.152 e. The number of nitrogen functional groups attached to an aromatic ring is 1. The largest absolute Gasteiger partial charge is 0.382 e. The zero-order valence-electron chi connectivity index (χ0n) is 7.92. The molecule has 2 rings (SSSR count). The van der Waals surface area contributed by atoms with Crippen LogP contribution in [0.4, 0.5) is 10.2 Å². The molecule has 82 valence electrons. The number of nitrogens with two attached hydrogens (primary N) is 1. The average Bonchev–Trinajstić information content (AvgIpc) is 2.26. The predicted molar refractivity (Wildman–Crippen MR) is 64.5 cm³/mol. The molecule has 3 nitrogen and oxygen atoms in total. The van der Waals surface area contributed by atoms with Gasteiger partial charge >= 0.3 is 0 Å². The van der Waals surface area contributed by atoms with Gasteiger partial charge in [0.15, 0.2) is 5.82 Å². The SMILES string of the molecule is Nc1cncc(-c2ccc(Br)c(Cl)c2F)n1. The van der Waals surface area contributed by atoms with Gasteiger partial charge in [-0.15, -0.1) is 0 Å². The molecule has 1 aromatic carbocycles. The van der Waals surface area contributed by atoms with Crippen LogP contribution in [-0.4, -0.2) is 9.97 Å². The van der Waals surface area contributed by atoms with Crippen molar-refractivity contribution in [2.45, 2.75) is 0 Å². The lowest BCUT2D eigenvalue weighted by Crippen LogP contribution is -1.95. The molecule has 6 heteroatoms. The first-order valence-corrected chi connectivity index (χ1v) is 5.48. The standard InChI is InChI=1S/C10H6BrClFN3/c11-6-2-1-5(10(13)9(6)12)7-3-15-4-8(14)16-7/h1-4H,(H2,14,16). The second-order valence-electron chi connectivity index (χ2n) is 3.05. The van der Waals surface area contributed by atoms with E-state index in [0.717, 1.165) is 0 Å². The maximum absolute atomic E-state index is 13.8. The van der Waals surface area contributed by atoms with E-state index in [4.69, 9.17) is 17.3 Å². The lowest BCUT2D eigenvalue weighted by atomic mass is 10.1. The van der Waals surface area contributed by atoms with E-state index in [1.807, 2.05) is 0 Å². The normalized spacial score (nSPS) is 10.4. The molecule has 0 saturated heterocycles. The van der Waals surface area contributed by atoms with Crippen LogP contribution in [-0.2, 0) is 0 Å². The van der Waals surface area contributed by atoms with E-state index < -0.39 is 5.82 Å². The van der Waals surface area contributed by atoms with Crippen molar-refractivity contribution >= 4 is 33.3 Å². The smallest absolute Gasteiger partial charge is 0.152 e. The van der Waals surface area contributed by atoms with Gasteiger partial charge in [-0.1, -0.05) is 11.6 Å². The summed E-state index contributed by atoms with van der Waals surface area (Å²) in [4.78, 5) is 7.82. The summed E-state index contributed by atoms with van der Waals surface area (Å²) in [6.07, 6.45) is 2.82. The highest BCUT2D eigenvalue weighted by molar-refractivity contribution is 9.10. The van der Waals surface area contributed by atoms with Gasteiger partial charge in [0.2, 0.25) is 0 Å². The molecule has 0 amide bonds. The molecule has 0 spiro atoms. The maximum atomic E-state index is 13.8. The molecule has 0 aliphatic carbocycles. The number of anilines is 1. The zero-order valence-corrected chi connectivity index (χ0v) is 10.3.